The average molecular weight is 928 g/mol. The van der Waals surface area contributed by atoms with E-state index in [-0.39, 0.29) is 55.7 Å². The summed E-state index contributed by atoms with van der Waals surface area (Å²) in [5, 5.41) is 11.0. The molecule has 4 saturated heterocycles. The van der Waals surface area contributed by atoms with Gasteiger partial charge in [0.1, 0.15) is 11.2 Å². The van der Waals surface area contributed by atoms with Crippen molar-refractivity contribution in [3.05, 3.63) is 69.7 Å². The number of aliphatic hydroxyl groups excluding tert-OH is 1. The van der Waals surface area contributed by atoms with Crippen molar-refractivity contribution in [1.29, 1.82) is 0 Å². The smallest absolute Gasteiger partial charge is 0.410 e. The summed E-state index contributed by atoms with van der Waals surface area (Å²) in [4.78, 5) is 33.3. The van der Waals surface area contributed by atoms with Gasteiger partial charge in [-0.3, -0.25) is 14.0 Å². The lowest BCUT2D eigenvalue weighted by molar-refractivity contribution is -0.102. The van der Waals surface area contributed by atoms with E-state index in [0.717, 1.165) is 55.4 Å². The third-order valence-electron chi connectivity index (χ3n) is 11.4. The molecule has 4 aliphatic rings. The lowest BCUT2D eigenvalue weighted by Crippen LogP contribution is -2.58. The maximum atomic E-state index is 12.4. The third kappa shape index (κ3) is 16.4. The Labute approximate surface area is 379 Å². The highest BCUT2D eigenvalue weighted by Gasteiger charge is 2.39. The second-order valence-electron chi connectivity index (χ2n) is 18.8. The molecule has 348 valence electrons. The molecule has 0 spiro atoms. The van der Waals surface area contributed by atoms with Gasteiger partial charge in [0.2, 0.25) is 0 Å². The fourth-order valence-corrected chi connectivity index (χ4v) is 9.07. The molecule has 2 aromatic rings. The second-order valence-corrected chi connectivity index (χ2v) is 21.4. The molecule has 0 aromatic heterocycles. The van der Waals surface area contributed by atoms with Gasteiger partial charge < -0.3 is 33.9 Å². The average Bonchev–Trinajstić information content (AvgIpc) is 3.21. The number of benzene rings is 2. The molecule has 1 N–H and O–H groups in total. The van der Waals surface area contributed by atoms with Crippen LogP contribution in [0.5, 0.6) is 0 Å². The fraction of sp³-hybridized carbons (Fsp3) is 0.689. The molecule has 62 heavy (non-hydrogen) atoms. The van der Waals surface area contributed by atoms with Gasteiger partial charge in [0.15, 0.2) is 0 Å². The van der Waals surface area contributed by atoms with E-state index >= 15 is 0 Å². The summed E-state index contributed by atoms with van der Waals surface area (Å²) in [6, 6.07) is 16.8. The number of morpholine rings is 2. The van der Waals surface area contributed by atoms with Crippen LogP contribution in [0.3, 0.4) is 0 Å². The first-order valence-corrected chi connectivity index (χ1v) is 24.4. The molecule has 6 rings (SSSR count). The molecule has 0 aliphatic carbocycles. The molecule has 17 heteroatoms. The minimum absolute atomic E-state index is 0.000246. The summed E-state index contributed by atoms with van der Waals surface area (Å²) in [5.41, 5.74) is 1.39. The number of rotatable bonds is 10. The normalized spacial score (nSPS) is 24.0. The van der Waals surface area contributed by atoms with Crippen LogP contribution < -0.4 is 0 Å². The molecule has 4 fully saturated rings. The minimum atomic E-state index is -3.53. The first-order valence-electron chi connectivity index (χ1n) is 21.8. The number of nitrogens with zero attached hydrogens (tertiary/aromatic N) is 4. The van der Waals surface area contributed by atoms with Crippen LogP contribution in [0.2, 0.25) is 10.0 Å². The number of carbonyl (C=O) groups excluding carboxylic acids is 2. The van der Waals surface area contributed by atoms with E-state index < -0.39 is 21.3 Å². The Kier molecular flexibility index (Phi) is 18.2. The summed E-state index contributed by atoms with van der Waals surface area (Å²) < 4.78 is 50.8. The van der Waals surface area contributed by atoms with Crippen molar-refractivity contribution in [3.63, 3.8) is 0 Å². The number of ether oxygens (including phenoxy) is 4. The van der Waals surface area contributed by atoms with Crippen LogP contribution >= 0.6 is 23.2 Å². The number of carbonyl (C=O) groups is 2. The van der Waals surface area contributed by atoms with Crippen molar-refractivity contribution < 1.29 is 46.2 Å². The highest BCUT2D eigenvalue weighted by atomic mass is 35.5. The van der Waals surface area contributed by atoms with Crippen LogP contribution in [0.15, 0.2) is 48.5 Å². The molecule has 14 nitrogen and oxygen atoms in total. The van der Waals surface area contributed by atoms with Crippen LogP contribution in [0, 0.1) is 0 Å². The molecule has 0 radical (unpaired) electrons. The van der Waals surface area contributed by atoms with Crippen LogP contribution in [-0.2, 0) is 46.1 Å². The topological polar surface area (TPSA) is 148 Å². The Balaban J connectivity index is 0.000000236. The van der Waals surface area contributed by atoms with Crippen molar-refractivity contribution >= 4 is 45.5 Å². The summed E-state index contributed by atoms with van der Waals surface area (Å²) >= 11 is 12.1. The fourth-order valence-electron chi connectivity index (χ4n) is 8.42. The van der Waals surface area contributed by atoms with E-state index in [1.165, 1.54) is 5.56 Å². The number of amides is 2. The maximum absolute atomic E-state index is 12.4. The zero-order valence-electron chi connectivity index (χ0n) is 37.5. The predicted molar refractivity (Wildman–Crippen MR) is 240 cm³/mol. The molecule has 4 heterocycles. The van der Waals surface area contributed by atoms with E-state index in [4.69, 9.17) is 46.3 Å². The molecular weight excluding hydrogens is 859 g/mol. The Morgan fingerprint density at radius 1 is 0.677 bits per heavy atom. The van der Waals surface area contributed by atoms with Crippen LogP contribution in [-0.4, -0.2) is 165 Å². The molecule has 4 aliphatic heterocycles. The van der Waals surface area contributed by atoms with E-state index in [0.29, 0.717) is 63.5 Å². The van der Waals surface area contributed by atoms with Crippen molar-refractivity contribution in [2.45, 2.75) is 128 Å². The van der Waals surface area contributed by atoms with Crippen molar-refractivity contribution in [1.82, 2.24) is 19.6 Å². The lowest BCUT2D eigenvalue weighted by Gasteiger charge is -2.46. The minimum Gasteiger partial charge on any atom is -0.444 e. The number of halogens is 2. The van der Waals surface area contributed by atoms with Gasteiger partial charge in [-0.15, -0.1) is 0 Å². The molecule has 0 bridgehead atoms. The largest absolute Gasteiger partial charge is 0.444 e. The molecule has 0 unspecified atom stereocenters. The van der Waals surface area contributed by atoms with Gasteiger partial charge in [0.05, 0.1) is 44.9 Å². The van der Waals surface area contributed by atoms with E-state index in [1.807, 2.05) is 77.9 Å². The van der Waals surface area contributed by atoms with Gasteiger partial charge in [-0.1, -0.05) is 47.5 Å². The van der Waals surface area contributed by atoms with Crippen molar-refractivity contribution in [2.75, 3.05) is 72.0 Å². The molecule has 4 atom stereocenters. The molecular formula is C45H68Cl2N4O10S. The Hall–Kier alpha value is -2.73. The van der Waals surface area contributed by atoms with Crippen LogP contribution in [0.25, 0.3) is 0 Å². The Morgan fingerprint density at radius 2 is 1.05 bits per heavy atom. The first kappa shape index (κ1) is 50.3. The van der Waals surface area contributed by atoms with Crippen LogP contribution in [0.1, 0.15) is 78.4 Å². The summed E-state index contributed by atoms with van der Waals surface area (Å²) in [5.74, 6) is 0. The zero-order chi connectivity index (χ0) is 45.2. The number of aliphatic hydroxyl groups is 1. The highest BCUT2D eigenvalue weighted by Crippen LogP contribution is 2.28. The SMILES string of the molecule is CC(C)(C)OC(=O)N1CCC(N2C[C@H](CO)OC[C@@H]2Cc2ccc(Cl)cc2)CC1.CC(C)(C)OC(=O)N1CCC(N2C[C@H](COS(C)(=O)=O)OC[C@@H]2Cc2ccc(Cl)cc2)CC1. The van der Waals surface area contributed by atoms with Gasteiger partial charge >= 0.3 is 12.2 Å². The van der Waals surface area contributed by atoms with Crippen molar-refractivity contribution in [2.24, 2.45) is 0 Å². The monoisotopic (exact) mass is 926 g/mol. The molecule has 0 saturated carbocycles. The number of hydrogen-bond acceptors (Lipinski definition) is 12. The van der Waals surface area contributed by atoms with Gasteiger partial charge in [0.25, 0.3) is 10.1 Å². The maximum Gasteiger partial charge on any atom is 0.410 e. The Morgan fingerprint density at radius 3 is 1.40 bits per heavy atom. The van der Waals surface area contributed by atoms with Gasteiger partial charge in [-0.2, -0.15) is 8.42 Å². The number of piperidine rings is 2. The molecule has 2 amide bonds. The van der Waals surface area contributed by atoms with E-state index in [9.17, 15) is 23.1 Å². The zero-order valence-corrected chi connectivity index (χ0v) is 39.8. The molecule has 2 aromatic carbocycles. The Bertz CT molecular complexity index is 1830. The van der Waals surface area contributed by atoms with Gasteiger partial charge in [0, 0.05) is 73.5 Å². The highest BCUT2D eigenvalue weighted by molar-refractivity contribution is 7.85. The standard InChI is InChI=1S/C23H35ClN2O6S.C22H33ClN2O4/c1-23(2,3)32-22(27)25-11-9-19(10-12-25)26-14-21(16-31-33(4,28)29)30-15-20(26)13-17-5-7-18(24)8-6-17;1-22(2,3)29-21(27)24-10-8-18(9-11-24)25-13-20(14-26)28-15-19(25)12-16-4-6-17(23)7-5-16/h5-8,19-21H,9-16H2,1-4H3;4-7,18-20,26H,8-15H2,1-3H3/t20-,21+;19-,20+/m00/s1. The summed E-state index contributed by atoms with van der Waals surface area (Å²) in [7, 11) is -3.53. The second kappa shape index (κ2) is 22.4. The quantitative estimate of drug-likeness (QED) is 0.254. The number of hydrogen-bond donors (Lipinski definition) is 1. The number of likely N-dealkylation sites (tertiary alicyclic amines) is 2. The first-order chi connectivity index (χ1) is 29.1. The van der Waals surface area contributed by atoms with Gasteiger partial charge in [-0.25, -0.2) is 9.59 Å². The van der Waals surface area contributed by atoms with Gasteiger partial charge in [-0.05, 0) is 115 Å². The van der Waals surface area contributed by atoms with Crippen LogP contribution in [0.4, 0.5) is 9.59 Å². The predicted octanol–water partition coefficient (Wildman–Crippen LogP) is 6.67. The van der Waals surface area contributed by atoms with E-state index in [1.54, 1.807) is 9.80 Å². The summed E-state index contributed by atoms with van der Waals surface area (Å²) in [6.07, 6.45) is 5.15. The lowest BCUT2D eigenvalue weighted by atomic mass is 9.96. The summed E-state index contributed by atoms with van der Waals surface area (Å²) in [6.45, 7) is 16.3. The van der Waals surface area contributed by atoms with E-state index in [2.05, 4.69) is 21.9 Å². The van der Waals surface area contributed by atoms with Crippen molar-refractivity contribution in [3.8, 4) is 0 Å². The third-order valence-corrected chi connectivity index (χ3v) is 12.5.